The predicted molar refractivity (Wildman–Crippen MR) is 131 cm³/mol. The number of amides is 1. The number of carbonyl (C=O) groups excluding carboxylic acids is 1. The zero-order chi connectivity index (χ0) is 23.8. The van der Waals surface area contributed by atoms with Gasteiger partial charge in [0.15, 0.2) is 11.5 Å². The van der Waals surface area contributed by atoms with Crippen LogP contribution in [0.3, 0.4) is 0 Å². The Morgan fingerprint density at radius 3 is 2.27 bits per heavy atom. The monoisotopic (exact) mass is 446 g/mol. The molecule has 0 saturated carbocycles. The van der Waals surface area contributed by atoms with Crippen LogP contribution in [0.4, 0.5) is 0 Å². The maximum Gasteiger partial charge on any atom is 0.275 e. The summed E-state index contributed by atoms with van der Waals surface area (Å²) in [4.78, 5) is 12.3. The number of nitrogens with zero attached hydrogens (tertiary/aromatic N) is 1. The van der Waals surface area contributed by atoms with E-state index in [0.717, 1.165) is 11.1 Å². The van der Waals surface area contributed by atoms with Crippen molar-refractivity contribution in [3.8, 4) is 17.2 Å². The molecular weight excluding hydrogens is 416 g/mol. The molecule has 0 radical (unpaired) electrons. The number of ether oxygens (including phenoxy) is 3. The fourth-order valence-corrected chi connectivity index (χ4v) is 3.20. The minimum absolute atomic E-state index is 0.118. The minimum Gasteiger partial charge on any atom is -0.496 e. The van der Waals surface area contributed by atoms with Gasteiger partial charge < -0.3 is 14.2 Å². The van der Waals surface area contributed by atoms with Crippen molar-refractivity contribution >= 4 is 12.1 Å². The lowest BCUT2D eigenvalue weighted by Crippen LogP contribution is -2.18. The summed E-state index contributed by atoms with van der Waals surface area (Å²) in [5.41, 5.74) is 6.16. The van der Waals surface area contributed by atoms with Gasteiger partial charge in [0, 0.05) is 0 Å². The molecule has 33 heavy (non-hydrogen) atoms. The Kier molecular flexibility index (Phi) is 7.72. The molecule has 0 atom stereocenters. The van der Waals surface area contributed by atoms with Crippen LogP contribution in [0.15, 0.2) is 71.8 Å². The Labute approximate surface area is 195 Å². The van der Waals surface area contributed by atoms with Crippen LogP contribution in [0.5, 0.6) is 17.2 Å². The third kappa shape index (κ3) is 6.35. The standard InChI is InChI=1S/C27H30N2O4/c1-27(2,3)21-13-10-19(11-14-21)18-33-24-15-12-20(16-25(24)32-5)17-28-29-26(30)22-8-6-7-9-23(22)31-4/h6-17H,18H2,1-5H3,(H,29,30)/b28-17+. The van der Waals surface area contributed by atoms with Crippen LogP contribution in [0.1, 0.15) is 47.8 Å². The quantitative estimate of drug-likeness (QED) is 0.374. The molecule has 3 aromatic rings. The van der Waals surface area contributed by atoms with Gasteiger partial charge in [0.2, 0.25) is 0 Å². The van der Waals surface area contributed by atoms with E-state index in [2.05, 4.69) is 55.6 Å². The molecule has 0 aliphatic rings. The van der Waals surface area contributed by atoms with Crippen molar-refractivity contribution in [1.82, 2.24) is 5.43 Å². The highest BCUT2D eigenvalue weighted by atomic mass is 16.5. The van der Waals surface area contributed by atoms with Gasteiger partial charge >= 0.3 is 0 Å². The van der Waals surface area contributed by atoms with Crippen molar-refractivity contribution in [1.29, 1.82) is 0 Å². The molecular formula is C27H30N2O4. The molecule has 172 valence electrons. The average Bonchev–Trinajstić information content (AvgIpc) is 2.82. The molecule has 0 aromatic heterocycles. The molecule has 0 spiro atoms. The maximum atomic E-state index is 12.3. The first kappa shape index (κ1) is 23.9. The van der Waals surface area contributed by atoms with Crippen LogP contribution in [-0.2, 0) is 12.0 Å². The Bertz CT molecular complexity index is 1120. The first-order valence-electron chi connectivity index (χ1n) is 10.7. The molecule has 1 amide bonds. The van der Waals surface area contributed by atoms with E-state index in [9.17, 15) is 4.79 Å². The van der Waals surface area contributed by atoms with Crippen LogP contribution in [0.2, 0.25) is 0 Å². The number of benzene rings is 3. The molecule has 6 heteroatoms. The summed E-state index contributed by atoms with van der Waals surface area (Å²) >= 11 is 0. The van der Waals surface area contributed by atoms with Crippen molar-refractivity contribution in [2.75, 3.05) is 14.2 Å². The van der Waals surface area contributed by atoms with Gasteiger partial charge in [-0.2, -0.15) is 5.10 Å². The average molecular weight is 447 g/mol. The van der Waals surface area contributed by atoms with E-state index >= 15 is 0 Å². The van der Waals surface area contributed by atoms with Crippen molar-refractivity contribution in [2.24, 2.45) is 5.10 Å². The summed E-state index contributed by atoms with van der Waals surface area (Å²) in [6.45, 7) is 7.01. The first-order valence-corrected chi connectivity index (χ1v) is 10.7. The molecule has 6 nitrogen and oxygen atoms in total. The van der Waals surface area contributed by atoms with Gasteiger partial charge in [0.1, 0.15) is 12.4 Å². The fraction of sp³-hybridized carbons (Fsp3) is 0.259. The van der Waals surface area contributed by atoms with E-state index in [0.29, 0.717) is 29.4 Å². The summed E-state index contributed by atoms with van der Waals surface area (Å²) in [6, 6.07) is 20.9. The van der Waals surface area contributed by atoms with E-state index in [1.54, 1.807) is 43.7 Å². The lowest BCUT2D eigenvalue weighted by atomic mass is 9.87. The number of hydrazone groups is 1. The van der Waals surface area contributed by atoms with E-state index in [4.69, 9.17) is 14.2 Å². The molecule has 0 aliphatic heterocycles. The Morgan fingerprint density at radius 2 is 1.61 bits per heavy atom. The summed E-state index contributed by atoms with van der Waals surface area (Å²) in [7, 11) is 3.11. The molecule has 3 rings (SSSR count). The molecule has 0 heterocycles. The number of nitrogens with one attached hydrogen (secondary N) is 1. The zero-order valence-electron chi connectivity index (χ0n) is 19.7. The van der Waals surface area contributed by atoms with E-state index in [1.165, 1.54) is 12.7 Å². The highest BCUT2D eigenvalue weighted by molar-refractivity contribution is 5.97. The van der Waals surface area contributed by atoms with Crippen LogP contribution in [0.25, 0.3) is 0 Å². The molecule has 0 fully saturated rings. The number of rotatable bonds is 8. The Hall–Kier alpha value is -3.80. The topological polar surface area (TPSA) is 69.2 Å². The number of hydrogen-bond donors (Lipinski definition) is 1. The Balaban J connectivity index is 1.62. The van der Waals surface area contributed by atoms with Crippen molar-refractivity contribution in [3.05, 3.63) is 89.0 Å². The van der Waals surface area contributed by atoms with Crippen LogP contribution in [0, 0.1) is 0 Å². The SMILES string of the molecule is COc1cc(/C=N/NC(=O)c2ccccc2OC)ccc1OCc1ccc(C(C)(C)C)cc1. The number of hydrogen-bond acceptors (Lipinski definition) is 5. The molecule has 0 saturated heterocycles. The molecule has 1 N–H and O–H groups in total. The molecule has 3 aromatic carbocycles. The highest BCUT2D eigenvalue weighted by Crippen LogP contribution is 2.29. The van der Waals surface area contributed by atoms with Gasteiger partial charge in [-0.15, -0.1) is 0 Å². The second kappa shape index (κ2) is 10.7. The molecule has 0 bridgehead atoms. The van der Waals surface area contributed by atoms with Gasteiger partial charge in [0.05, 0.1) is 26.0 Å². The predicted octanol–water partition coefficient (Wildman–Crippen LogP) is 5.34. The normalized spacial score (nSPS) is 11.3. The zero-order valence-corrected chi connectivity index (χ0v) is 19.7. The van der Waals surface area contributed by atoms with Crippen LogP contribution >= 0.6 is 0 Å². The van der Waals surface area contributed by atoms with Crippen molar-refractivity contribution < 1.29 is 19.0 Å². The third-order valence-corrected chi connectivity index (χ3v) is 5.13. The number of carbonyl (C=O) groups is 1. The summed E-state index contributed by atoms with van der Waals surface area (Å²) in [5, 5.41) is 4.04. The van der Waals surface area contributed by atoms with Crippen molar-refractivity contribution in [2.45, 2.75) is 32.8 Å². The lowest BCUT2D eigenvalue weighted by Gasteiger charge is -2.19. The van der Waals surface area contributed by atoms with Crippen LogP contribution in [-0.4, -0.2) is 26.3 Å². The Morgan fingerprint density at radius 1 is 0.909 bits per heavy atom. The van der Waals surface area contributed by atoms with Crippen LogP contribution < -0.4 is 19.6 Å². The summed E-state index contributed by atoms with van der Waals surface area (Å²) in [5.74, 6) is 1.35. The third-order valence-electron chi connectivity index (χ3n) is 5.13. The second-order valence-corrected chi connectivity index (χ2v) is 8.55. The fourth-order valence-electron chi connectivity index (χ4n) is 3.20. The number of para-hydroxylation sites is 1. The maximum absolute atomic E-state index is 12.3. The van der Waals surface area contributed by atoms with Gasteiger partial charge in [-0.1, -0.05) is 57.2 Å². The summed E-state index contributed by atoms with van der Waals surface area (Å²) in [6.07, 6.45) is 1.55. The van der Waals surface area contributed by atoms with Gasteiger partial charge in [-0.05, 0) is 52.4 Å². The second-order valence-electron chi connectivity index (χ2n) is 8.55. The smallest absolute Gasteiger partial charge is 0.275 e. The van der Waals surface area contributed by atoms with Gasteiger partial charge in [0.25, 0.3) is 5.91 Å². The number of methoxy groups -OCH3 is 2. The van der Waals surface area contributed by atoms with E-state index < -0.39 is 0 Å². The van der Waals surface area contributed by atoms with Crippen molar-refractivity contribution in [3.63, 3.8) is 0 Å². The lowest BCUT2D eigenvalue weighted by molar-refractivity contribution is 0.0952. The minimum atomic E-state index is -0.354. The van der Waals surface area contributed by atoms with E-state index in [-0.39, 0.29) is 11.3 Å². The summed E-state index contributed by atoms with van der Waals surface area (Å²) < 4.78 is 16.6. The highest BCUT2D eigenvalue weighted by Gasteiger charge is 2.13. The van der Waals surface area contributed by atoms with Gasteiger partial charge in [-0.3, -0.25) is 4.79 Å². The largest absolute Gasteiger partial charge is 0.496 e. The van der Waals surface area contributed by atoms with E-state index in [1.807, 2.05) is 12.1 Å². The molecule has 0 aliphatic carbocycles. The molecule has 0 unspecified atom stereocenters. The van der Waals surface area contributed by atoms with Gasteiger partial charge in [-0.25, -0.2) is 5.43 Å². The first-order chi connectivity index (χ1) is 15.8.